The molecule has 1 aliphatic heterocycles. The number of benzene rings is 1. The molecule has 1 N–H and O–H groups in total. The molecule has 0 spiro atoms. The number of hydrogen-bond acceptors (Lipinski definition) is 4. The van der Waals surface area contributed by atoms with Gasteiger partial charge in [-0.2, -0.15) is 0 Å². The first-order valence-corrected chi connectivity index (χ1v) is 10.2. The molecule has 3 rings (SSSR count). The number of para-hydroxylation sites is 1. The second-order valence-corrected chi connectivity index (χ2v) is 7.76. The number of nitrogens with zero attached hydrogens (tertiary/aromatic N) is 2. The van der Waals surface area contributed by atoms with Crippen LogP contribution < -0.4 is 10.1 Å². The van der Waals surface area contributed by atoms with Crippen molar-refractivity contribution in [2.75, 3.05) is 13.1 Å². The fraction of sp³-hybridized carbons (Fsp3) is 0.435. The summed E-state index contributed by atoms with van der Waals surface area (Å²) in [6, 6.07) is 11.3. The van der Waals surface area contributed by atoms with E-state index in [0.717, 1.165) is 24.2 Å². The fourth-order valence-electron chi connectivity index (χ4n) is 3.53. The van der Waals surface area contributed by atoms with Crippen molar-refractivity contribution in [1.82, 2.24) is 15.2 Å². The number of hydrogen-bond donors (Lipinski definition) is 1. The lowest BCUT2D eigenvalue weighted by Crippen LogP contribution is -2.49. The van der Waals surface area contributed by atoms with Gasteiger partial charge >= 0.3 is 0 Å². The Balaban J connectivity index is 1.50. The molecule has 6 heteroatoms. The van der Waals surface area contributed by atoms with E-state index in [0.29, 0.717) is 24.6 Å². The molecule has 1 atom stereocenters. The molecule has 0 bridgehead atoms. The van der Waals surface area contributed by atoms with Crippen LogP contribution in [0.5, 0.6) is 5.75 Å². The Bertz CT molecular complexity index is 830. The number of pyridine rings is 1. The number of nitrogens with one attached hydrogen (secondary N) is 1. The van der Waals surface area contributed by atoms with Crippen molar-refractivity contribution in [3.63, 3.8) is 0 Å². The zero-order valence-corrected chi connectivity index (χ0v) is 17.3. The lowest BCUT2D eigenvalue weighted by molar-refractivity contribution is -0.128. The van der Waals surface area contributed by atoms with Gasteiger partial charge < -0.3 is 15.0 Å². The van der Waals surface area contributed by atoms with Gasteiger partial charge in [-0.1, -0.05) is 32.0 Å². The van der Waals surface area contributed by atoms with Gasteiger partial charge in [-0.25, -0.2) is 0 Å². The van der Waals surface area contributed by atoms with Crippen LogP contribution >= 0.6 is 0 Å². The van der Waals surface area contributed by atoms with Gasteiger partial charge in [-0.15, -0.1) is 0 Å². The van der Waals surface area contributed by atoms with Crippen molar-refractivity contribution >= 4 is 11.8 Å². The maximum Gasteiger partial charge on any atom is 0.260 e. The Morgan fingerprint density at radius 2 is 1.72 bits per heavy atom. The Hall–Kier alpha value is -2.89. The summed E-state index contributed by atoms with van der Waals surface area (Å²) in [6.07, 6.45) is 4.14. The third-order valence-corrected chi connectivity index (χ3v) is 5.27. The maximum atomic E-state index is 12.6. The highest BCUT2D eigenvalue weighted by Crippen LogP contribution is 2.26. The summed E-state index contributed by atoms with van der Waals surface area (Å²) in [5, 5.41) is 3.07. The molecule has 2 amide bonds. The molecule has 1 unspecified atom stereocenters. The molecule has 6 nitrogen and oxygen atoms in total. The summed E-state index contributed by atoms with van der Waals surface area (Å²) < 4.78 is 5.94. The minimum absolute atomic E-state index is 0.0131. The van der Waals surface area contributed by atoms with Gasteiger partial charge in [0.25, 0.3) is 11.8 Å². The van der Waals surface area contributed by atoms with E-state index in [2.05, 4.69) is 24.1 Å². The summed E-state index contributed by atoms with van der Waals surface area (Å²) in [5.41, 5.74) is 1.74. The topological polar surface area (TPSA) is 71.5 Å². The van der Waals surface area contributed by atoms with Crippen molar-refractivity contribution in [2.45, 2.75) is 51.7 Å². The lowest BCUT2D eigenvalue weighted by Gasteiger charge is -2.33. The molecule has 1 aromatic carbocycles. The van der Waals surface area contributed by atoms with Gasteiger partial charge in [-0.05, 0) is 49.4 Å². The third kappa shape index (κ3) is 5.34. The first kappa shape index (κ1) is 20.8. The van der Waals surface area contributed by atoms with Crippen molar-refractivity contribution in [3.8, 4) is 5.75 Å². The van der Waals surface area contributed by atoms with Gasteiger partial charge in [0.1, 0.15) is 5.75 Å². The third-order valence-electron chi connectivity index (χ3n) is 5.27. The minimum atomic E-state index is -0.577. The number of aromatic nitrogens is 1. The quantitative estimate of drug-likeness (QED) is 0.814. The molecule has 154 valence electrons. The zero-order valence-electron chi connectivity index (χ0n) is 17.3. The number of piperidine rings is 1. The molecule has 0 aliphatic carbocycles. The summed E-state index contributed by atoms with van der Waals surface area (Å²) in [5.74, 6) is 0.966. The molecule has 29 heavy (non-hydrogen) atoms. The van der Waals surface area contributed by atoms with E-state index in [-0.39, 0.29) is 17.9 Å². The molecule has 0 radical (unpaired) electrons. The Kier molecular flexibility index (Phi) is 6.86. The van der Waals surface area contributed by atoms with Gasteiger partial charge in [-0.3, -0.25) is 14.6 Å². The van der Waals surface area contributed by atoms with Gasteiger partial charge in [0, 0.05) is 37.1 Å². The molecular formula is C23H29N3O3. The number of ether oxygens (including phenoxy) is 1. The molecule has 2 aromatic rings. The van der Waals surface area contributed by atoms with Crippen LogP contribution in [0, 0.1) is 0 Å². The normalized spacial score (nSPS) is 15.8. The van der Waals surface area contributed by atoms with Crippen LogP contribution in [-0.4, -0.2) is 46.9 Å². The summed E-state index contributed by atoms with van der Waals surface area (Å²) in [6.45, 7) is 7.23. The van der Waals surface area contributed by atoms with Crippen LogP contribution in [-0.2, 0) is 4.79 Å². The average molecular weight is 396 g/mol. The monoisotopic (exact) mass is 395 g/mol. The molecule has 1 aromatic heterocycles. The standard InChI is InChI=1S/C23H29N3O3/c1-16(2)20-6-4-5-7-21(20)29-17(3)22(27)25-19-10-14-26(15-11-19)23(28)18-8-12-24-13-9-18/h4-9,12-13,16-17,19H,10-11,14-15H2,1-3H3,(H,25,27). The zero-order chi connectivity index (χ0) is 20.8. The predicted molar refractivity (Wildman–Crippen MR) is 112 cm³/mol. The first-order valence-electron chi connectivity index (χ1n) is 10.2. The van der Waals surface area contributed by atoms with Crippen LogP contribution in [0.3, 0.4) is 0 Å². The van der Waals surface area contributed by atoms with E-state index in [9.17, 15) is 9.59 Å². The fourth-order valence-corrected chi connectivity index (χ4v) is 3.53. The Morgan fingerprint density at radius 1 is 1.07 bits per heavy atom. The average Bonchev–Trinajstić information content (AvgIpc) is 2.74. The number of likely N-dealkylation sites (tertiary alicyclic amines) is 1. The highest BCUT2D eigenvalue weighted by molar-refractivity contribution is 5.94. The second kappa shape index (κ2) is 9.54. The summed E-state index contributed by atoms with van der Waals surface area (Å²) in [4.78, 5) is 30.9. The van der Waals surface area contributed by atoms with Crippen molar-refractivity contribution < 1.29 is 14.3 Å². The van der Waals surface area contributed by atoms with Crippen LogP contribution in [0.15, 0.2) is 48.8 Å². The van der Waals surface area contributed by atoms with Crippen molar-refractivity contribution in [3.05, 3.63) is 59.9 Å². The summed E-state index contributed by atoms with van der Waals surface area (Å²) >= 11 is 0. The van der Waals surface area contributed by atoms with Gasteiger partial charge in [0.2, 0.25) is 0 Å². The van der Waals surface area contributed by atoms with Crippen molar-refractivity contribution in [2.24, 2.45) is 0 Å². The van der Waals surface area contributed by atoms with E-state index in [1.165, 1.54) is 0 Å². The van der Waals surface area contributed by atoms with Crippen LogP contribution in [0.25, 0.3) is 0 Å². The number of rotatable bonds is 6. The number of amides is 2. The molecule has 0 saturated carbocycles. The van der Waals surface area contributed by atoms with Crippen LogP contribution in [0.2, 0.25) is 0 Å². The SMILES string of the molecule is CC(Oc1ccccc1C(C)C)C(=O)NC1CCN(C(=O)c2ccncc2)CC1. The number of carbonyl (C=O) groups excluding carboxylic acids is 2. The van der Waals surface area contributed by atoms with Crippen molar-refractivity contribution in [1.29, 1.82) is 0 Å². The number of carbonyl (C=O) groups is 2. The summed E-state index contributed by atoms with van der Waals surface area (Å²) in [7, 11) is 0. The maximum absolute atomic E-state index is 12.6. The molecule has 1 saturated heterocycles. The van der Waals surface area contributed by atoms with Crippen LogP contribution in [0.1, 0.15) is 55.5 Å². The molecule has 2 heterocycles. The second-order valence-electron chi connectivity index (χ2n) is 7.76. The Labute approximate surface area is 172 Å². The van der Waals surface area contributed by atoms with E-state index in [4.69, 9.17) is 4.74 Å². The van der Waals surface area contributed by atoms with Gasteiger partial charge in [0.15, 0.2) is 6.10 Å². The largest absolute Gasteiger partial charge is 0.481 e. The first-order chi connectivity index (χ1) is 14.0. The van der Waals surface area contributed by atoms with E-state index in [1.54, 1.807) is 31.5 Å². The Morgan fingerprint density at radius 3 is 2.38 bits per heavy atom. The van der Waals surface area contributed by atoms with E-state index in [1.807, 2.05) is 29.2 Å². The molecular weight excluding hydrogens is 366 g/mol. The van der Waals surface area contributed by atoms with Gasteiger partial charge in [0.05, 0.1) is 0 Å². The van der Waals surface area contributed by atoms with E-state index >= 15 is 0 Å². The molecule has 1 aliphatic rings. The predicted octanol–water partition coefficient (Wildman–Crippen LogP) is 3.39. The smallest absolute Gasteiger partial charge is 0.260 e. The lowest BCUT2D eigenvalue weighted by atomic mass is 10.0. The van der Waals surface area contributed by atoms with Crippen LogP contribution in [0.4, 0.5) is 0 Å². The highest BCUT2D eigenvalue weighted by Gasteiger charge is 2.26. The molecule has 1 fully saturated rings. The van der Waals surface area contributed by atoms with E-state index < -0.39 is 6.10 Å². The minimum Gasteiger partial charge on any atom is -0.481 e. The highest BCUT2D eigenvalue weighted by atomic mass is 16.5.